The third-order valence-corrected chi connectivity index (χ3v) is 5.72. The number of fused-ring (bicyclic) bond motifs is 1. The summed E-state index contributed by atoms with van der Waals surface area (Å²) in [4.78, 5) is 24.0. The van der Waals surface area contributed by atoms with Crippen molar-refractivity contribution in [1.29, 1.82) is 0 Å². The number of ether oxygens (including phenoxy) is 1. The second-order valence-corrected chi connectivity index (χ2v) is 8.15. The molecule has 7 heteroatoms. The van der Waals surface area contributed by atoms with Crippen LogP contribution in [0.1, 0.15) is 54.1 Å². The van der Waals surface area contributed by atoms with Gasteiger partial charge in [0.05, 0.1) is 0 Å². The molecule has 4 rings (SSSR count). The van der Waals surface area contributed by atoms with E-state index in [2.05, 4.69) is 28.3 Å². The first kappa shape index (κ1) is 22.7. The van der Waals surface area contributed by atoms with Crippen molar-refractivity contribution in [2.45, 2.75) is 45.6 Å². The Morgan fingerprint density at radius 3 is 2.76 bits per heavy atom. The largest absolute Gasteiger partial charge is 0.472 e. The molecule has 2 heterocycles. The maximum Gasteiger partial charge on any atom is 0.258 e. The van der Waals surface area contributed by atoms with Gasteiger partial charge in [-0.3, -0.25) is 4.79 Å². The minimum Gasteiger partial charge on any atom is -0.472 e. The summed E-state index contributed by atoms with van der Waals surface area (Å²) in [6.07, 6.45) is 6.74. The van der Waals surface area contributed by atoms with Gasteiger partial charge >= 0.3 is 0 Å². The molecule has 0 saturated carbocycles. The number of nitrogens with zero attached hydrogens (tertiary/aromatic N) is 3. The van der Waals surface area contributed by atoms with Crippen LogP contribution in [0.25, 0.3) is 0 Å². The van der Waals surface area contributed by atoms with Crippen molar-refractivity contribution in [2.24, 2.45) is 0 Å². The molecule has 1 aliphatic rings. The van der Waals surface area contributed by atoms with Crippen LogP contribution in [0.5, 0.6) is 5.88 Å². The van der Waals surface area contributed by atoms with Crippen molar-refractivity contribution >= 4 is 17.5 Å². The second kappa shape index (κ2) is 10.9. The number of unbranched alkanes of at least 4 members (excludes halogenated alkanes) is 3. The normalized spacial score (nSPS) is 12.5. The Hall–Kier alpha value is -3.48. The van der Waals surface area contributed by atoms with E-state index in [0.29, 0.717) is 18.1 Å². The molecule has 0 spiro atoms. The number of para-hydroxylation sites is 1. The van der Waals surface area contributed by atoms with E-state index in [4.69, 9.17) is 4.74 Å². The van der Waals surface area contributed by atoms with Crippen molar-refractivity contribution in [2.75, 3.05) is 18.0 Å². The van der Waals surface area contributed by atoms with E-state index in [0.717, 1.165) is 49.9 Å². The molecule has 0 atom stereocenters. The number of carbonyl (C=O) groups is 1. The molecule has 0 aliphatic carbocycles. The zero-order valence-electron chi connectivity index (χ0n) is 18.9. The highest BCUT2D eigenvalue weighted by molar-refractivity contribution is 5.96. The molecule has 0 radical (unpaired) electrons. The minimum atomic E-state index is -0.307. The fraction of sp³-hybridized carbons (Fsp3) is 0.346. The first-order valence-corrected chi connectivity index (χ1v) is 11.5. The van der Waals surface area contributed by atoms with E-state index in [9.17, 15) is 9.18 Å². The van der Waals surface area contributed by atoms with Crippen molar-refractivity contribution in [1.82, 2.24) is 15.3 Å². The summed E-state index contributed by atoms with van der Waals surface area (Å²) in [5.74, 6) is 0.154. The predicted octanol–water partition coefficient (Wildman–Crippen LogP) is 5.20. The number of anilines is 2. The molecule has 1 N–H and O–H groups in total. The Kier molecular flexibility index (Phi) is 7.50. The molecule has 6 nitrogen and oxygen atoms in total. The first-order valence-electron chi connectivity index (χ1n) is 11.5. The van der Waals surface area contributed by atoms with Crippen LogP contribution in [-0.4, -0.2) is 29.0 Å². The van der Waals surface area contributed by atoms with E-state index < -0.39 is 0 Å². The molecule has 172 valence electrons. The zero-order chi connectivity index (χ0) is 23.0. The molecule has 1 amide bonds. The van der Waals surface area contributed by atoms with Gasteiger partial charge in [0.25, 0.3) is 5.91 Å². The summed E-state index contributed by atoms with van der Waals surface area (Å²) in [6, 6.07) is 14.2. The average molecular weight is 449 g/mol. The standard InChI is InChI=1S/C26H29FN4O2/c1-2-3-4-7-15-28-24(32)22-17-29-26(31-16-14-20-8-5-6-9-23(20)31)30-25(22)33-18-19-10-12-21(27)13-11-19/h5-6,8-13,17H,2-4,7,14-16,18H2,1H3,(H,28,32). The van der Waals surface area contributed by atoms with Crippen LogP contribution in [0, 0.1) is 5.82 Å². The highest BCUT2D eigenvalue weighted by Crippen LogP contribution is 2.33. The molecule has 3 aromatic rings. The third kappa shape index (κ3) is 5.66. The highest BCUT2D eigenvalue weighted by Gasteiger charge is 2.24. The van der Waals surface area contributed by atoms with E-state index in [-0.39, 0.29) is 24.2 Å². The first-order chi connectivity index (χ1) is 16.2. The zero-order valence-corrected chi connectivity index (χ0v) is 18.9. The molecule has 0 unspecified atom stereocenters. The smallest absolute Gasteiger partial charge is 0.258 e. The Labute approximate surface area is 193 Å². The molecule has 2 aromatic carbocycles. The van der Waals surface area contributed by atoms with Crippen LogP contribution in [0.4, 0.5) is 16.0 Å². The minimum absolute atomic E-state index is 0.171. The van der Waals surface area contributed by atoms with Crippen LogP contribution in [0.2, 0.25) is 0 Å². The van der Waals surface area contributed by atoms with Gasteiger partial charge in [0.1, 0.15) is 18.0 Å². The van der Waals surface area contributed by atoms with E-state index in [1.165, 1.54) is 23.9 Å². The lowest BCUT2D eigenvalue weighted by Gasteiger charge is -2.19. The van der Waals surface area contributed by atoms with Crippen LogP contribution >= 0.6 is 0 Å². The van der Waals surface area contributed by atoms with E-state index in [1.807, 2.05) is 23.1 Å². The summed E-state index contributed by atoms with van der Waals surface area (Å²) in [5.41, 5.74) is 3.39. The lowest BCUT2D eigenvalue weighted by atomic mass is 10.2. The molecule has 1 aromatic heterocycles. The Morgan fingerprint density at radius 2 is 1.94 bits per heavy atom. The number of amides is 1. The summed E-state index contributed by atoms with van der Waals surface area (Å²) in [5, 5.41) is 2.95. The van der Waals surface area contributed by atoms with Gasteiger partial charge in [-0.2, -0.15) is 4.98 Å². The molecule has 0 saturated heterocycles. The molecule has 33 heavy (non-hydrogen) atoms. The number of hydrogen-bond donors (Lipinski definition) is 1. The summed E-state index contributed by atoms with van der Waals surface area (Å²) in [6.45, 7) is 3.68. The maximum absolute atomic E-state index is 13.2. The Morgan fingerprint density at radius 1 is 1.12 bits per heavy atom. The van der Waals surface area contributed by atoms with Gasteiger partial charge < -0.3 is 15.0 Å². The average Bonchev–Trinajstić information content (AvgIpc) is 3.27. The Bertz CT molecular complexity index is 1090. The van der Waals surface area contributed by atoms with E-state index in [1.54, 1.807) is 12.1 Å². The SMILES string of the molecule is CCCCCCNC(=O)c1cnc(N2CCc3ccccc32)nc1OCc1ccc(F)cc1. The van der Waals surface area contributed by atoms with Gasteiger partial charge in [0, 0.05) is 25.0 Å². The number of halogens is 1. The summed E-state index contributed by atoms with van der Waals surface area (Å²) in [7, 11) is 0. The van der Waals surface area contributed by atoms with Crippen LogP contribution in [-0.2, 0) is 13.0 Å². The number of nitrogens with one attached hydrogen (secondary N) is 1. The fourth-order valence-electron chi connectivity index (χ4n) is 3.88. The molecular weight excluding hydrogens is 419 g/mol. The Balaban J connectivity index is 1.54. The van der Waals surface area contributed by atoms with Crippen LogP contribution < -0.4 is 15.0 Å². The summed E-state index contributed by atoms with van der Waals surface area (Å²) >= 11 is 0. The number of aromatic nitrogens is 2. The number of rotatable bonds is 10. The van der Waals surface area contributed by atoms with Gasteiger partial charge in [-0.05, 0) is 42.2 Å². The molecule has 0 fully saturated rings. The van der Waals surface area contributed by atoms with Gasteiger partial charge in [0.15, 0.2) is 0 Å². The molecular formula is C26H29FN4O2. The quantitative estimate of drug-likeness (QED) is 0.432. The highest BCUT2D eigenvalue weighted by atomic mass is 19.1. The van der Waals surface area contributed by atoms with Crippen molar-refractivity contribution < 1.29 is 13.9 Å². The van der Waals surface area contributed by atoms with E-state index >= 15 is 0 Å². The van der Waals surface area contributed by atoms with Crippen molar-refractivity contribution in [3.8, 4) is 5.88 Å². The lowest BCUT2D eigenvalue weighted by Crippen LogP contribution is -2.26. The van der Waals surface area contributed by atoms with Gasteiger partial charge in [-0.1, -0.05) is 56.5 Å². The van der Waals surface area contributed by atoms with Gasteiger partial charge in [-0.15, -0.1) is 0 Å². The maximum atomic E-state index is 13.2. The van der Waals surface area contributed by atoms with Crippen molar-refractivity contribution in [3.63, 3.8) is 0 Å². The topological polar surface area (TPSA) is 67.4 Å². The number of carbonyl (C=O) groups excluding carboxylic acids is 1. The van der Waals surface area contributed by atoms with Crippen molar-refractivity contribution in [3.05, 3.63) is 77.2 Å². The van der Waals surface area contributed by atoms with Crippen LogP contribution in [0.3, 0.4) is 0 Å². The molecule has 0 bridgehead atoms. The second-order valence-electron chi connectivity index (χ2n) is 8.15. The number of hydrogen-bond acceptors (Lipinski definition) is 5. The lowest BCUT2D eigenvalue weighted by molar-refractivity contribution is 0.0947. The summed E-state index contributed by atoms with van der Waals surface area (Å²) < 4.78 is 19.2. The fourth-order valence-corrected chi connectivity index (χ4v) is 3.88. The van der Waals surface area contributed by atoms with Gasteiger partial charge in [-0.25, -0.2) is 9.37 Å². The third-order valence-electron chi connectivity index (χ3n) is 5.72. The predicted molar refractivity (Wildman–Crippen MR) is 126 cm³/mol. The van der Waals surface area contributed by atoms with Crippen LogP contribution in [0.15, 0.2) is 54.7 Å². The monoisotopic (exact) mass is 448 g/mol. The molecule has 1 aliphatic heterocycles. The van der Waals surface area contributed by atoms with Gasteiger partial charge in [0.2, 0.25) is 11.8 Å². The number of benzene rings is 2.